The van der Waals surface area contributed by atoms with Crippen LogP contribution in [-0.2, 0) is 6.18 Å². The highest BCUT2D eigenvalue weighted by Crippen LogP contribution is 2.31. The lowest BCUT2D eigenvalue weighted by atomic mass is 10.0. The molecule has 1 aromatic heterocycles. The Morgan fingerprint density at radius 1 is 1.06 bits per heavy atom. The van der Waals surface area contributed by atoms with Crippen LogP contribution in [0.25, 0.3) is 11.3 Å². The Bertz CT molecular complexity index is 592. The third-order valence-corrected chi connectivity index (χ3v) is 2.45. The molecule has 0 saturated heterocycles. The van der Waals surface area contributed by atoms with E-state index < -0.39 is 11.7 Å². The van der Waals surface area contributed by atoms with Crippen LogP contribution in [0.4, 0.5) is 13.2 Å². The Morgan fingerprint density at radius 3 is 2.28 bits per heavy atom. The van der Waals surface area contributed by atoms with E-state index in [1.54, 1.807) is 18.3 Å². The molecular weight excluding hydrogens is 239 g/mol. The number of hydrogen-bond donors (Lipinski definition) is 0. The second-order valence-electron chi connectivity index (χ2n) is 3.62. The number of benzene rings is 1. The van der Waals surface area contributed by atoms with Crippen LogP contribution in [0.2, 0.25) is 0 Å². The molecule has 0 amide bonds. The van der Waals surface area contributed by atoms with Gasteiger partial charge in [-0.25, -0.2) is 0 Å². The van der Waals surface area contributed by atoms with E-state index in [4.69, 9.17) is 6.42 Å². The zero-order valence-electron chi connectivity index (χ0n) is 9.20. The van der Waals surface area contributed by atoms with E-state index in [0.717, 1.165) is 12.1 Å². The smallest absolute Gasteiger partial charge is 0.255 e. The standard InChI is InChI=1S/C14H8F3N/c1-2-10-4-3-9-18-13(10)11-5-7-12(8-6-11)14(15,16)17/h1,3-9H. The highest BCUT2D eigenvalue weighted by Gasteiger charge is 2.30. The molecule has 0 N–H and O–H groups in total. The van der Waals surface area contributed by atoms with Crippen molar-refractivity contribution in [3.8, 4) is 23.6 Å². The van der Waals surface area contributed by atoms with Crippen LogP contribution in [0.15, 0.2) is 42.6 Å². The second kappa shape index (κ2) is 4.53. The van der Waals surface area contributed by atoms with Gasteiger partial charge in [-0.05, 0) is 24.3 Å². The molecule has 0 saturated carbocycles. The average molecular weight is 247 g/mol. The summed E-state index contributed by atoms with van der Waals surface area (Å²) >= 11 is 0. The first-order valence-electron chi connectivity index (χ1n) is 5.11. The van der Waals surface area contributed by atoms with Crippen molar-refractivity contribution in [2.24, 2.45) is 0 Å². The molecule has 0 radical (unpaired) electrons. The monoisotopic (exact) mass is 247 g/mol. The molecule has 0 aliphatic rings. The topological polar surface area (TPSA) is 12.9 Å². The first kappa shape index (κ1) is 12.2. The average Bonchev–Trinajstić information content (AvgIpc) is 2.38. The Kier molecular flexibility index (Phi) is 3.07. The van der Waals surface area contributed by atoms with E-state index in [0.29, 0.717) is 16.8 Å². The molecule has 0 unspecified atom stereocenters. The maximum Gasteiger partial charge on any atom is 0.416 e. The van der Waals surface area contributed by atoms with Crippen molar-refractivity contribution in [1.29, 1.82) is 0 Å². The number of aromatic nitrogens is 1. The van der Waals surface area contributed by atoms with Gasteiger partial charge in [-0.15, -0.1) is 6.42 Å². The van der Waals surface area contributed by atoms with Gasteiger partial charge < -0.3 is 0 Å². The minimum atomic E-state index is -4.34. The van der Waals surface area contributed by atoms with Gasteiger partial charge in [0.1, 0.15) is 0 Å². The summed E-state index contributed by atoms with van der Waals surface area (Å²) in [5, 5.41) is 0. The predicted octanol–water partition coefficient (Wildman–Crippen LogP) is 3.75. The maximum absolute atomic E-state index is 12.4. The summed E-state index contributed by atoms with van der Waals surface area (Å²) in [5.74, 6) is 2.45. The molecule has 90 valence electrons. The van der Waals surface area contributed by atoms with E-state index in [9.17, 15) is 13.2 Å². The van der Waals surface area contributed by atoms with E-state index in [1.165, 1.54) is 12.1 Å². The van der Waals surface area contributed by atoms with Crippen LogP contribution in [0.5, 0.6) is 0 Å². The van der Waals surface area contributed by atoms with E-state index in [1.807, 2.05) is 0 Å². The van der Waals surface area contributed by atoms with Crippen LogP contribution < -0.4 is 0 Å². The highest BCUT2D eigenvalue weighted by molar-refractivity contribution is 5.67. The number of halogens is 3. The summed E-state index contributed by atoms with van der Waals surface area (Å²) in [5.41, 5.74) is 0.937. The molecule has 1 heterocycles. The summed E-state index contributed by atoms with van der Waals surface area (Å²) in [6.07, 6.45) is 2.53. The Labute approximate surface area is 102 Å². The van der Waals surface area contributed by atoms with Gasteiger partial charge in [-0.1, -0.05) is 18.1 Å². The first-order valence-corrected chi connectivity index (χ1v) is 5.11. The molecule has 0 fully saturated rings. The van der Waals surface area contributed by atoms with Crippen molar-refractivity contribution in [3.63, 3.8) is 0 Å². The SMILES string of the molecule is C#Cc1cccnc1-c1ccc(C(F)(F)F)cc1. The van der Waals surface area contributed by atoms with E-state index in [-0.39, 0.29) is 0 Å². The van der Waals surface area contributed by atoms with Gasteiger partial charge in [-0.2, -0.15) is 13.2 Å². The third kappa shape index (κ3) is 2.35. The van der Waals surface area contributed by atoms with Crippen molar-refractivity contribution in [1.82, 2.24) is 4.98 Å². The molecule has 4 heteroatoms. The Hall–Kier alpha value is -2.28. The minimum Gasteiger partial charge on any atom is -0.255 e. The van der Waals surface area contributed by atoms with E-state index in [2.05, 4.69) is 10.9 Å². The predicted molar refractivity (Wildman–Crippen MR) is 62.6 cm³/mol. The van der Waals surface area contributed by atoms with Gasteiger partial charge in [0.15, 0.2) is 0 Å². The summed E-state index contributed by atoms with van der Waals surface area (Å²) in [6.45, 7) is 0. The molecule has 2 rings (SSSR count). The number of nitrogens with zero attached hydrogens (tertiary/aromatic N) is 1. The largest absolute Gasteiger partial charge is 0.416 e. The molecule has 0 aliphatic heterocycles. The second-order valence-corrected chi connectivity index (χ2v) is 3.62. The number of pyridine rings is 1. The van der Waals surface area contributed by atoms with Gasteiger partial charge in [0.25, 0.3) is 0 Å². The van der Waals surface area contributed by atoms with Crippen molar-refractivity contribution in [2.75, 3.05) is 0 Å². The van der Waals surface area contributed by atoms with Gasteiger partial charge in [0, 0.05) is 11.8 Å². The fourth-order valence-corrected chi connectivity index (χ4v) is 1.57. The van der Waals surface area contributed by atoms with Gasteiger partial charge >= 0.3 is 6.18 Å². The maximum atomic E-state index is 12.4. The molecule has 0 spiro atoms. The molecule has 2 aromatic rings. The minimum absolute atomic E-state index is 0.508. The Balaban J connectivity index is 2.45. The highest BCUT2D eigenvalue weighted by atomic mass is 19.4. The van der Waals surface area contributed by atoms with Crippen molar-refractivity contribution < 1.29 is 13.2 Å². The van der Waals surface area contributed by atoms with Gasteiger partial charge in [0.05, 0.1) is 16.8 Å². The number of rotatable bonds is 1. The third-order valence-electron chi connectivity index (χ3n) is 2.45. The fourth-order valence-electron chi connectivity index (χ4n) is 1.57. The van der Waals surface area contributed by atoms with Crippen LogP contribution >= 0.6 is 0 Å². The fraction of sp³-hybridized carbons (Fsp3) is 0.0714. The summed E-state index contributed by atoms with van der Waals surface area (Å²) in [7, 11) is 0. The van der Waals surface area contributed by atoms with Crippen molar-refractivity contribution >= 4 is 0 Å². The first-order chi connectivity index (χ1) is 8.52. The van der Waals surface area contributed by atoms with Gasteiger partial charge in [0.2, 0.25) is 0 Å². The van der Waals surface area contributed by atoms with Crippen molar-refractivity contribution in [3.05, 3.63) is 53.7 Å². The molecule has 0 bridgehead atoms. The van der Waals surface area contributed by atoms with Crippen molar-refractivity contribution in [2.45, 2.75) is 6.18 Å². The summed E-state index contributed by atoms with van der Waals surface area (Å²) < 4.78 is 37.3. The molecule has 0 aliphatic carbocycles. The lowest BCUT2D eigenvalue weighted by molar-refractivity contribution is -0.137. The number of terminal acetylenes is 1. The molecule has 1 nitrogen and oxygen atoms in total. The number of hydrogen-bond acceptors (Lipinski definition) is 1. The molecule has 18 heavy (non-hydrogen) atoms. The Morgan fingerprint density at radius 2 is 1.72 bits per heavy atom. The zero-order chi connectivity index (χ0) is 13.2. The lowest BCUT2D eigenvalue weighted by Crippen LogP contribution is -2.04. The van der Waals surface area contributed by atoms with Crippen LogP contribution in [-0.4, -0.2) is 4.98 Å². The van der Waals surface area contributed by atoms with E-state index >= 15 is 0 Å². The van der Waals surface area contributed by atoms with Crippen LogP contribution in [0, 0.1) is 12.3 Å². The lowest BCUT2D eigenvalue weighted by Gasteiger charge is -2.08. The summed E-state index contributed by atoms with van der Waals surface area (Å²) in [6, 6.07) is 8.15. The molecule has 0 atom stereocenters. The molecular formula is C14H8F3N. The summed E-state index contributed by atoms with van der Waals surface area (Å²) in [4.78, 5) is 4.09. The number of alkyl halides is 3. The van der Waals surface area contributed by atoms with Crippen LogP contribution in [0.3, 0.4) is 0 Å². The normalized spacial score (nSPS) is 11.0. The molecule has 1 aromatic carbocycles. The quantitative estimate of drug-likeness (QED) is 0.699. The van der Waals surface area contributed by atoms with Crippen LogP contribution in [0.1, 0.15) is 11.1 Å². The zero-order valence-corrected chi connectivity index (χ0v) is 9.20. The van der Waals surface area contributed by atoms with Gasteiger partial charge in [-0.3, -0.25) is 4.98 Å².